The van der Waals surface area contributed by atoms with E-state index in [1.54, 1.807) is 14.2 Å². The van der Waals surface area contributed by atoms with E-state index in [4.69, 9.17) is 14.2 Å². The highest BCUT2D eigenvalue weighted by Gasteiger charge is 2.32. The van der Waals surface area contributed by atoms with Gasteiger partial charge in [0.25, 0.3) is 5.91 Å². The Kier molecular flexibility index (Phi) is 7.77. The zero-order valence-electron chi connectivity index (χ0n) is 23.5. The van der Waals surface area contributed by atoms with Gasteiger partial charge in [0.15, 0.2) is 11.5 Å². The normalized spacial score (nSPS) is 18.9. The van der Waals surface area contributed by atoms with Crippen LogP contribution in [-0.4, -0.2) is 88.1 Å². The van der Waals surface area contributed by atoms with Gasteiger partial charge in [0, 0.05) is 44.6 Å². The van der Waals surface area contributed by atoms with Crippen LogP contribution in [0.4, 0.5) is 11.4 Å². The number of unbranched alkanes of at least 4 members (excludes halogenated alkanes) is 1. The highest BCUT2D eigenvalue weighted by Crippen LogP contribution is 2.37. The lowest BCUT2D eigenvalue weighted by Crippen LogP contribution is -2.46. The third-order valence-corrected chi connectivity index (χ3v) is 8.35. The zero-order chi connectivity index (χ0) is 27.5. The molecular weight excluding hydrogens is 504 g/mol. The number of fused-ring (bicyclic) bond motifs is 3. The van der Waals surface area contributed by atoms with E-state index >= 15 is 0 Å². The summed E-state index contributed by atoms with van der Waals surface area (Å²) >= 11 is 0. The molecule has 3 heterocycles. The Bertz CT molecular complexity index is 1380. The molecular formula is C32H38N4O4. The third-order valence-electron chi connectivity index (χ3n) is 8.35. The molecule has 2 saturated heterocycles. The largest absolute Gasteiger partial charge is 0.497 e. The van der Waals surface area contributed by atoms with E-state index in [1.807, 2.05) is 47.5 Å². The molecule has 0 aromatic heterocycles. The number of methoxy groups -OCH3 is 2. The summed E-state index contributed by atoms with van der Waals surface area (Å²) in [6.45, 7) is 6.71. The van der Waals surface area contributed by atoms with Gasteiger partial charge in [-0.05, 0) is 91.5 Å². The lowest BCUT2D eigenvalue weighted by molar-refractivity contribution is 0.0775. The topological polar surface area (TPSA) is 66.8 Å². The van der Waals surface area contributed by atoms with Crippen LogP contribution in [0.3, 0.4) is 0 Å². The van der Waals surface area contributed by atoms with Gasteiger partial charge < -0.3 is 24.0 Å². The van der Waals surface area contributed by atoms with Gasteiger partial charge in [-0.25, -0.2) is 0 Å². The van der Waals surface area contributed by atoms with E-state index in [2.05, 4.69) is 26.9 Å². The van der Waals surface area contributed by atoms with E-state index in [0.717, 1.165) is 92.9 Å². The maximum atomic E-state index is 13.2. The maximum absolute atomic E-state index is 13.2. The number of carbonyl (C=O) groups excluding carboxylic acids is 1. The first-order valence-corrected chi connectivity index (χ1v) is 14.4. The van der Waals surface area contributed by atoms with Gasteiger partial charge in [0.05, 0.1) is 38.1 Å². The Hall–Kier alpha value is -3.78. The van der Waals surface area contributed by atoms with Crippen molar-refractivity contribution in [2.45, 2.75) is 31.7 Å². The number of aliphatic imine (C=N–C) groups is 1. The van der Waals surface area contributed by atoms with Crippen molar-refractivity contribution in [2.75, 3.05) is 65.0 Å². The van der Waals surface area contributed by atoms with E-state index in [-0.39, 0.29) is 11.9 Å². The van der Waals surface area contributed by atoms with Crippen LogP contribution >= 0.6 is 0 Å². The molecule has 2 fully saturated rings. The van der Waals surface area contributed by atoms with Gasteiger partial charge in [0.2, 0.25) is 0 Å². The quantitative estimate of drug-likeness (QED) is 0.348. The van der Waals surface area contributed by atoms with E-state index in [0.29, 0.717) is 17.9 Å². The molecule has 1 amide bonds. The minimum atomic E-state index is 0.0679. The second kappa shape index (κ2) is 11.8. The van der Waals surface area contributed by atoms with Gasteiger partial charge in [-0.1, -0.05) is 0 Å². The number of hydrogen-bond acceptors (Lipinski definition) is 7. The van der Waals surface area contributed by atoms with Gasteiger partial charge in [-0.3, -0.25) is 14.7 Å². The SMILES string of the molecule is COc1ccc(N2CCN(CCCCOc3cc4cc5c(cc4cc3OC)C(=O)N3CCC[C@H]3C=N5)CC2)cc1. The first-order chi connectivity index (χ1) is 19.6. The summed E-state index contributed by atoms with van der Waals surface area (Å²) in [7, 11) is 3.36. The summed E-state index contributed by atoms with van der Waals surface area (Å²) < 4.78 is 17.1. The zero-order valence-corrected chi connectivity index (χ0v) is 23.5. The van der Waals surface area contributed by atoms with Gasteiger partial charge in [-0.15, -0.1) is 0 Å². The summed E-state index contributed by atoms with van der Waals surface area (Å²) in [5, 5.41) is 1.95. The predicted molar refractivity (Wildman–Crippen MR) is 159 cm³/mol. The van der Waals surface area contributed by atoms with Crippen LogP contribution in [0.2, 0.25) is 0 Å². The third kappa shape index (κ3) is 5.45. The summed E-state index contributed by atoms with van der Waals surface area (Å²) in [4.78, 5) is 24.8. The van der Waals surface area contributed by atoms with Crippen LogP contribution in [0.25, 0.3) is 10.8 Å². The summed E-state index contributed by atoms with van der Waals surface area (Å²) in [6, 6.07) is 16.4. The number of amides is 1. The Labute approximate surface area is 236 Å². The molecule has 0 saturated carbocycles. The molecule has 0 spiro atoms. The molecule has 40 heavy (non-hydrogen) atoms. The van der Waals surface area contributed by atoms with Crippen molar-refractivity contribution in [3.63, 3.8) is 0 Å². The molecule has 210 valence electrons. The number of piperazine rings is 1. The van der Waals surface area contributed by atoms with Crippen molar-refractivity contribution in [3.8, 4) is 17.2 Å². The number of rotatable bonds is 9. The predicted octanol–water partition coefficient (Wildman–Crippen LogP) is 5.16. The lowest BCUT2D eigenvalue weighted by atomic mass is 10.0. The average Bonchev–Trinajstić information content (AvgIpc) is 3.43. The Morgan fingerprint density at radius 3 is 2.42 bits per heavy atom. The van der Waals surface area contributed by atoms with Crippen molar-refractivity contribution in [1.82, 2.24) is 9.80 Å². The second-order valence-electron chi connectivity index (χ2n) is 10.8. The molecule has 0 unspecified atom stereocenters. The molecule has 3 aliphatic heterocycles. The molecule has 0 radical (unpaired) electrons. The molecule has 3 aliphatic rings. The number of nitrogens with zero attached hydrogens (tertiary/aromatic N) is 4. The standard InChI is InChI=1S/C32H38N4O4/c1-38-27-9-7-25(8-10-27)35-15-13-34(14-16-35)11-3-4-17-40-31-21-24-19-29-28(18-23(24)20-30(31)39-2)32(37)36-12-5-6-26(36)22-33-29/h7-10,18-22,26H,3-6,11-17H2,1-2H3/t26-/m0/s1. The first-order valence-electron chi connectivity index (χ1n) is 14.4. The number of carbonyl (C=O) groups is 1. The minimum Gasteiger partial charge on any atom is -0.497 e. The number of hydrogen-bond donors (Lipinski definition) is 0. The fourth-order valence-corrected chi connectivity index (χ4v) is 6.01. The number of anilines is 1. The molecule has 3 aromatic carbocycles. The average molecular weight is 543 g/mol. The van der Waals surface area contributed by atoms with Crippen molar-refractivity contribution >= 4 is 34.3 Å². The van der Waals surface area contributed by atoms with Crippen molar-refractivity contribution < 1.29 is 19.0 Å². The molecule has 1 atom stereocenters. The fourth-order valence-electron chi connectivity index (χ4n) is 6.01. The molecule has 0 bridgehead atoms. The van der Waals surface area contributed by atoms with Crippen LogP contribution in [-0.2, 0) is 0 Å². The van der Waals surface area contributed by atoms with E-state index in [1.165, 1.54) is 5.69 Å². The van der Waals surface area contributed by atoms with E-state index < -0.39 is 0 Å². The van der Waals surface area contributed by atoms with Gasteiger partial charge in [-0.2, -0.15) is 0 Å². The smallest absolute Gasteiger partial charge is 0.256 e. The lowest BCUT2D eigenvalue weighted by Gasteiger charge is -2.36. The Balaban J connectivity index is 1.02. The maximum Gasteiger partial charge on any atom is 0.256 e. The van der Waals surface area contributed by atoms with Crippen molar-refractivity contribution in [1.29, 1.82) is 0 Å². The van der Waals surface area contributed by atoms with E-state index in [9.17, 15) is 4.79 Å². The monoisotopic (exact) mass is 542 g/mol. The Morgan fingerprint density at radius 1 is 0.875 bits per heavy atom. The van der Waals surface area contributed by atoms with Crippen LogP contribution in [0.5, 0.6) is 17.2 Å². The molecule has 0 aliphatic carbocycles. The van der Waals surface area contributed by atoms with Crippen LogP contribution < -0.4 is 19.1 Å². The molecule has 6 rings (SSSR count). The summed E-state index contributed by atoms with van der Waals surface area (Å²) in [5.74, 6) is 2.38. The highest BCUT2D eigenvalue weighted by molar-refractivity contribution is 6.07. The Morgan fingerprint density at radius 2 is 1.65 bits per heavy atom. The molecule has 3 aromatic rings. The summed E-state index contributed by atoms with van der Waals surface area (Å²) in [6.07, 6.45) is 6.00. The minimum absolute atomic E-state index is 0.0679. The molecule has 0 N–H and O–H groups in total. The number of ether oxygens (including phenoxy) is 3. The second-order valence-corrected chi connectivity index (χ2v) is 10.8. The molecule has 8 heteroatoms. The number of benzene rings is 3. The van der Waals surface area contributed by atoms with Gasteiger partial charge in [0.1, 0.15) is 5.75 Å². The fraction of sp³-hybridized carbons (Fsp3) is 0.438. The van der Waals surface area contributed by atoms with Gasteiger partial charge >= 0.3 is 0 Å². The summed E-state index contributed by atoms with van der Waals surface area (Å²) in [5.41, 5.74) is 2.65. The van der Waals surface area contributed by atoms with Crippen molar-refractivity contribution in [3.05, 3.63) is 54.1 Å². The molecule has 8 nitrogen and oxygen atoms in total. The van der Waals surface area contributed by atoms with Crippen LogP contribution in [0.1, 0.15) is 36.0 Å². The van der Waals surface area contributed by atoms with Crippen molar-refractivity contribution in [2.24, 2.45) is 4.99 Å². The van der Waals surface area contributed by atoms with Crippen LogP contribution in [0.15, 0.2) is 53.5 Å². The first kappa shape index (κ1) is 26.4. The van der Waals surface area contributed by atoms with Crippen LogP contribution in [0, 0.1) is 0 Å². The highest BCUT2D eigenvalue weighted by atomic mass is 16.5.